The van der Waals surface area contributed by atoms with Crippen molar-refractivity contribution in [3.8, 4) is 0 Å². The van der Waals surface area contributed by atoms with E-state index in [2.05, 4.69) is 32.0 Å². The Morgan fingerprint density at radius 1 is 1.27 bits per heavy atom. The van der Waals surface area contributed by atoms with E-state index in [0.29, 0.717) is 0 Å². The number of imidazole rings is 1. The van der Waals surface area contributed by atoms with Crippen molar-refractivity contribution in [1.29, 1.82) is 0 Å². The van der Waals surface area contributed by atoms with E-state index in [1.807, 2.05) is 22.7 Å². The third kappa shape index (κ3) is 2.29. The molecule has 2 N–H and O–H groups in total. The minimum absolute atomic E-state index is 0.267. The van der Waals surface area contributed by atoms with Crippen LogP contribution in [0.2, 0.25) is 0 Å². The second-order valence-corrected chi connectivity index (χ2v) is 5.20. The summed E-state index contributed by atoms with van der Waals surface area (Å²) in [5.41, 5.74) is 8.83. The Morgan fingerprint density at radius 3 is 2.67 bits per heavy atom. The van der Waals surface area contributed by atoms with Crippen LogP contribution in [0.25, 0.3) is 5.65 Å². The number of fused-ring (bicyclic) bond motifs is 1. The zero-order valence-electron chi connectivity index (χ0n) is 9.49. The van der Waals surface area contributed by atoms with Crippen LogP contribution in [0, 0.1) is 5.41 Å². The molecule has 0 fully saturated rings. The third-order valence-electron chi connectivity index (χ3n) is 2.24. The molecule has 0 aliphatic heterocycles. The summed E-state index contributed by atoms with van der Waals surface area (Å²) in [6.07, 6.45) is 4.93. The van der Waals surface area contributed by atoms with Crippen LogP contribution in [0.1, 0.15) is 26.5 Å². The lowest BCUT2D eigenvalue weighted by atomic mass is 9.91. The van der Waals surface area contributed by atoms with Crippen LogP contribution in [0.3, 0.4) is 0 Å². The van der Waals surface area contributed by atoms with Gasteiger partial charge in [-0.05, 0) is 24.0 Å². The first kappa shape index (κ1) is 10.0. The summed E-state index contributed by atoms with van der Waals surface area (Å²) in [5.74, 6) is 0. The molecule has 2 heterocycles. The van der Waals surface area contributed by atoms with E-state index < -0.39 is 0 Å². The molecule has 0 saturated carbocycles. The van der Waals surface area contributed by atoms with Gasteiger partial charge in [0, 0.05) is 18.1 Å². The van der Waals surface area contributed by atoms with Crippen molar-refractivity contribution in [2.45, 2.75) is 27.2 Å². The highest BCUT2D eigenvalue weighted by atomic mass is 15.0. The Bertz CT molecular complexity index is 477. The van der Waals surface area contributed by atoms with E-state index in [1.54, 1.807) is 0 Å². The predicted molar refractivity (Wildman–Crippen MR) is 62.8 cm³/mol. The number of nitrogen functional groups attached to an aromatic ring is 1. The van der Waals surface area contributed by atoms with Crippen LogP contribution in [-0.2, 0) is 6.42 Å². The number of anilines is 1. The average Bonchev–Trinajstić information content (AvgIpc) is 2.42. The van der Waals surface area contributed by atoms with Gasteiger partial charge in [0.05, 0.1) is 5.69 Å². The monoisotopic (exact) mass is 203 g/mol. The first-order chi connectivity index (χ1) is 6.94. The summed E-state index contributed by atoms with van der Waals surface area (Å²) in [5, 5.41) is 0. The lowest BCUT2D eigenvalue weighted by molar-refractivity contribution is 0.407. The summed E-state index contributed by atoms with van der Waals surface area (Å²) >= 11 is 0. The summed E-state index contributed by atoms with van der Waals surface area (Å²) in [7, 11) is 0. The number of hydrogen-bond donors (Lipinski definition) is 1. The van der Waals surface area contributed by atoms with Gasteiger partial charge in [-0.1, -0.05) is 20.8 Å². The molecule has 80 valence electrons. The van der Waals surface area contributed by atoms with E-state index in [1.165, 1.54) is 0 Å². The zero-order valence-corrected chi connectivity index (χ0v) is 9.49. The molecule has 0 unspecified atom stereocenters. The van der Waals surface area contributed by atoms with Gasteiger partial charge in [-0.3, -0.25) is 0 Å². The lowest BCUT2D eigenvalue weighted by Gasteiger charge is -2.15. The molecule has 0 spiro atoms. The molecule has 0 amide bonds. The molecular weight excluding hydrogens is 186 g/mol. The smallest absolute Gasteiger partial charge is 0.137 e. The fraction of sp³-hybridized carbons (Fsp3) is 0.417. The molecule has 15 heavy (non-hydrogen) atoms. The second-order valence-electron chi connectivity index (χ2n) is 5.20. The van der Waals surface area contributed by atoms with Gasteiger partial charge in [0.1, 0.15) is 5.65 Å². The van der Waals surface area contributed by atoms with Crippen molar-refractivity contribution in [2.24, 2.45) is 5.41 Å². The van der Waals surface area contributed by atoms with Gasteiger partial charge < -0.3 is 10.1 Å². The fourth-order valence-electron chi connectivity index (χ4n) is 1.69. The fourth-order valence-corrected chi connectivity index (χ4v) is 1.69. The Kier molecular flexibility index (Phi) is 2.18. The van der Waals surface area contributed by atoms with Crippen LogP contribution in [0.15, 0.2) is 24.5 Å². The molecule has 0 bridgehead atoms. The standard InChI is InChI=1S/C12H17N3/c1-12(2,3)6-10-8-15-7-9(13)4-5-11(15)14-10/h4-5,7-8H,6,13H2,1-3H3. The van der Waals surface area contributed by atoms with Gasteiger partial charge in [-0.15, -0.1) is 0 Å². The van der Waals surface area contributed by atoms with Crippen molar-refractivity contribution in [2.75, 3.05) is 5.73 Å². The van der Waals surface area contributed by atoms with E-state index in [9.17, 15) is 0 Å². The van der Waals surface area contributed by atoms with Gasteiger partial charge in [-0.25, -0.2) is 4.98 Å². The maximum Gasteiger partial charge on any atom is 0.137 e. The van der Waals surface area contributed by atoms with E-state index in [0.717, 1.165) is 23.4 Å². The van der Waals surface area contributed by atoms with Gasteiger partial charge in [0.15, 0.2) is 0 Å². The number of hydrogen-bond acceptors (Lipinski definition) is 2. The number of nitrogens with zero attached hydrogens (tertiary/aromatic N) is 2. The van der Waals surface area contributed by atoms with Crippen molar-refractivity contribution < 1.29 is 0 Å². The largest absolute Gasteiger partial charge is 0.398 e. The van der Waals surface area contributed by atoms with Crippen LogP contribution in [0.4, 0.5) is 5.69 Å². The minimum Gasteiger partial charge on any atom is -0.398 e. The second kappa shape index (κ2) is 3.26. The van der Waals surface area contributed by atoms with Gasteiger partial charge in [0.2, 0.25) is 0 Å². The van der Waals surface area contributed by atoms with Crippen molar-refractivity contribution in [3.05, 3.63) is 30.2 Å². The van der Waals surface area contributed by atoms with Gasteiger partial charge in [-0.2, -0.15) is 0 Å². The highest BCUT2D eigenvalue weighted by Gasteiger charge is 2.13. The molecule has 3 nitrogen and oxygen atoms in total. The van der Waals surface area contributed by atoms with Crippen LogP contribution >= 0.6 is 0 Å². The Morgan fingerprint density at radius 2 is 2.00 bits per heavy atom. The molecule has 0 aliphatic carbocycles. The molecule has 0 saturated heterocycles. The molecule has 0 aromatic carbocycles. The molecule has 3 heteroatoms. The first-order valence-corrected chi connectivity index (χ1v) is 5.17. The van der Waals surface area contributed by atoms with Crippen LogP contribution in [-0.4, -0.2) is 9.38 Å². The average molecular weight is 203 g/mol. The van der Waals surface area contributed by atoms with Gasteiger partial charge >= 0.3 is 0 Å². The van der Waals surface area contributed by atoms with Crippen molar-refractivity contribution >= 4 is 11.3 Å². The quantitative estimate of drug-likeness (QED) is 0.773. The minimum atomic E-state index is 0.267. The maximum absolute atomic E-state index is 5.71. The highest BCUT2D eigenvalue weighted by Crippen LogP contribution is 2.20. The Hall–Kier alpha value is -1.51. The molecular formula is C12H17N3. The van der Waals surface area contributed by atoms with Crippen LogP contribution < -0.4 is 5.73 Å². The SMILES string of the molecule is CC(C)(C)Cc1cn2cc(N)ccc2n1. The molecule has 0 aliphatic rings. The molecule has 0 atom stereocenters. The summed E-state index contributed by atoms with van der Waals surface area (Å²) in [4.78, 5) is 4.55. The Balaban J connectivity index is 2.39. The predicted octanol–water partition coefficient (Wildman–Crippen LogP) is 2.51. The summed E-state index contributed by atoms with van der Waals surface area (Å²) in [6, 6.07) is 3.82. The lowest BCUT2D eigenvalue weighted by Crippen LogP contribution is -2.09. The Labute approximate surface area is 89.9 Å². The van der Waals surface area contributed by atoms with Crippen molar-refractivity contribution in [1.82, 2.24) is 9.38 Å². The molecule has 2 aromatic rings. The maximum atomic E-state index is 5.71. The zero-order chi connectivity index (χ0) is 11.1. The molecule has 2 aromatic heterocycles. The highest BCUT2D eigenvalue weighted by molar-refractivity contribution is 5.48. The number of pyridine rings is 1. The van der Waals surface area contributed by atoms with Crippen molar-refractivity contribution in [3.63, 3.8) is 0 Å². The van der Waals surface area contributed by atoms with E-state index in [-0.39, 0.29) is 5.41 Å². The topological polar surface area (TPSA) is 43.3 Å². The summed E-state index contributed by atoms with van der Waals surface area (Å²) in [6.45, 7) is 6.64. The summed E-state index contributed by atoms with van der Waals surface area (Å²) < 4.78 is 1.98. The number of nitrogens with two attached hydrogens (primary N) is 1. The number of aromatic nitrogens is 2. The van der Waals surface area contributed by atoms with E-state index in [4.69, 9.17) is 5.73 Å². The van der Waals surface area contributed by atoms with Crippen LogP contribution in [0.5, 0.6) is 0 Å². The molecule has 2 rings (SSSR count). The third-order valence-corrected chi connectivity index (χ3v) is 2.24. The molecule has 0 radical (unpaired) electrons. The number of rotatable bonds is 1. The van der Waals surface area contributed by atoms with E-state index >= 15 is 0 Å². The normalized spacial score (nSPS) is 12.2. The first-order valence-electron chi connectivity index (χ1n) is 5.17. The van der Waals surface area contributed by atoms with Gasteiger partial charge in [0.25, 0.3) is 0 Å².